The molecular weight excluding hydrogens is 344 g/mol. The number of benzene rings is 1. The van der Waals surface area contributed by atoms with Crippen molar-refractivity contribution in [2.75, 3.05) is 0 Å². The molecule has 0 aliphatic heterocycles. The lowest BCUT2D eigenvalue weighted by Gasteiger charge is -2.14. The van der Waals surface area contributed by atoms with Gasteiger partial charge >= 0.3 is 12.4 Å². The van der Waals surface area contributed by atoms with E-state index in [1.807, 2.05) is 0 Å². The molecule has 0 aromatic heterocycles. The average Bonchev–Trinajstić information content (AvgIpc) is 3.28. The van der Waals surface area contributed by atoms with Crippen LogP contribution in [0.25, 0.3) is 0 Å². The Bertz CT molecular complexity index is 561. The molecule has 1 aromatic rings. The van der Waals surface area contributed by atoms with Gasteiger partial charge in [-0.1, -0.05) is 0 Å². The van der Waals surface area contributed by atoms with E-state index in [9.17, 15) is 31.1 Å². The van der Waals surface area contributed by atoms with Crippen LogP contribution in [0.1, 0.15) is 29.5 Å². The van der Waals surface area contributed by atoms with E-state index in [0.29, 0.717) is 25.0 Å². The third-order valence-corrected chi connectivity index (χ3v) is 3.06. The fraction of sp³-hybridized carbons (Fsp3) is 0.429. The lowest BCUT2D eigenvalue weighted by molar-refractivity contribution is -0.143. The predicted octanol–water partition coefficient (Wildman–Crippen LogP) is 3.45. The van der Waals surface area contributed by atoms with Gasteiger partial charge in [0.15, 0.2) is 0 Å². The van der Waals surface area contributed by atoms with Crippen molar-refractivity contribution in [1.29, 1.82) is 0 Å². The molecule has 0 spiro atoms. The van der Waals surface area contributed by atoms with Gasteiger partial charge < -0.3 is 10.4 Å². The number of alkyl halides is 6. The molecule has 1 fully saturated rings. The first kappa shape index (κ1) is 19.8. The van der Waals surface area contributed by atoms with Crippen molar-refractivity contribution in [2.45, 2.75) is 31.7 Å². The molecule has 10 heteroatoms. The molecule has 134 valence electrons. The number of carbonyl (C=O) groups excluding carboxylic acids is 1. The molecule has 24 heavy (non-hydrogen) atoms. The molecule has 2 rings (SSSR count). The summed E-state index contributed by atoms with van der Waals surface area (Å²) in [7, 11) is 0. The minimum absolute atomic E-state index is 0.0617. The van der Waals surface area contributed by atoms with E-state index < -0.39 is 23.5 Å². The molecule has 0 heterocycles. The van der Waals surface area contributed by atoms with Crippen molar-refractivity contribution in [2.24, 2.45) is 5.92 Å². The lowest BCUT2D eigenvalue weighted by Crippen LogP contribution is -2.24. The maximum atomic E-state index is 12.6. The Morgan fingerprint density at radius 1 is 1.08 bits per heavy atom. The Labute approximate surface area is 132 Å². The summed E-state index contributed by atoms with van der Waals surface area (Å²) in [6.07, 6.45) is -8.36. The van der Waals surface area contributed by atoms with Gasteiger partial charge in [0.2, 0.25) is 5.91 Å². The summed E-state index contributed by atoms with van der Waals surface area (Å²) in [5.41, 5.74) is -2.99. The van der Waals surface area contributed by atoms with Gasteiger partial charge in [0, 0.05) is 12.5 Å². The fourth-order valence-electron chi connectivity index (χ4n) is 1.80. The van der Waals surface area contributed by atoms with Gasteiger partial charge in [-0.05, 0) is 36.6 Å². The van der Waals surface area contributed by atoms with E-state index in [0.717, 1.165) is 0 Å². The van der Waals surface area contributed by atoms with Gasteiger partial charge in [0.25, 0.3) is 6.47 Å². The van der Waals surface area contributed by atoms with Crippen LogP contribution in [0.3, 0.4) is 0 Å². The van der Waals surface area contributed by atoms with Crippen LogP contribution in [0, 0.1) is 5.92 Å². The summed E-state index contributed by atoms with van der Waals surface area (Å²) in [6, 6.07) is 1.29. The minimum Gasteiger partial charge on any atom is -0.483 e. The number of rotatable bonds is 3. The first-order valence-electron chi connectivity index (χ1n) is 6.63. The average molecular weight is 357 g/mol. The van der Waals surface area contributed by atoms with E-state index in [4.69, 9.17) is 9.90 Å². The lowest BCUT2D eigenvalue weighted by atomic mass is 10.0. The van der Waals surface area contributed by atoms with Crippen molar-refractivity contribution in [3.63, 3.8) is 0 Å². The second-order valence-corrected chi connectivity index (χ2v) is 5.01. The van der Waals surface area contributed by atoms with Gasteiger partial charge in [-0.2, -0.15) is 26.3 Å². The topological polar surface area (TPSA) is 66.4 Å². The normalized spacial score (nSPS) is 14.4. The highest BCUT2D eigenvalue weighted by molar-refractivity contribution is 5.80. The highest BCUT2D eigenvalue weighted by atomic mass is 19.4. The van der Waals surface area contributed by atoms with Crippen LogP contribution in [0.15, 0.2) is 18.2 Å². The van der Waals surface area contributed by atoms with Gasteiger partial charge in [-0.25, -0.2) is 0 Å². The van der Waals surface area contributed by atoms with Gasteiger partial charge in [0.05, 0.1) is 11.1 Å². The van der Waals surface area contributed by atoms with Crippen LogP contribution in [-0.2, 0) is 28.5 Å². The highest BCUT2D eigenvalue weighted by Gasteiger charge is 2.37. The molecule has 1 amide bonds. The summed E-state index contributed by atoms with van der Waals surface area (Å²) in [4.78, 5) is 19.7. The molecule has 4 nitrogen and oxygen atoms in total. The molecular formula is C14H13F6NO3. The summed E-state index contributed by atoms with van der Waals surface area (Å²) in [5.74, 6) is -0.515. The summed E-state index contributed by atoms with van der Waals surface area (Å²) >= 11 is 0. The molecule has 1 aromatic carbocycles. The van der Waals surface area contributed by atoms with Crippen molar-refractivity contribution in [1.82, 2.24) is 5.32 Å². The zero-order chi connectivity index (χ0) is 18.5. The molecule has 1 aliphatic rings. The van der Waals surface area contributed by atoms with Crippen molar-refractivity contribution in [3.05, 3.63) is 34.9 Å². The molecule has 0 bridgehead atoms. The Hall–Kier alpha value is -2.26. The standard InChI is InChI=1S/C13H11F6NO.CH2O2/c14-12(15,16)9-3-7(4-10(5-9)13(17,18)19)6-20-11(21)8-1-2-8;2-1-3/h3-5,8H,1-2,6H2,(H,20,21);1H,(H,2,3). The van der Waals surface area contributed by atoms with Crippen LogP contribution >= 0.6 is 0 Å². The van der Waals surface area contributed by atoms with Gasteiger partial charge in [0.1, 0.15) is 0 Å². The second kappa shape index (κ2) is 7.54. The fourth-order valence-corrected chi connectivity index (χ4v) is 1.80. The van der Waals surface area contributed by atoms with Gasteiger partial charge in [-0.3, -0.25) is 9.59 Å². The highest BCUT2D eigenvalue weighted by Crippen LogP contribution is 2.36. The van der Waals surface area contributed by atoms with E-state index in [1.165, 1.54) is 0 Å². The van der Waals surface area contributed by atoms with Crippen molar-refractivity contribution >= 4 is 12.4 Å². The Balaban J connectivity index is 0.000000891. The molecule has 0 unspecified atom stereocenters. The van der Waals surface area contributed by atoms with Crippen molar-refractivity contribution < 1.29 is 41.0 Å². The summed E-state index contributed by atoms with van der Waals surface area (Å²) in [6.45, 7) is -0.609. The van der Waals surface area contributed by atoms with Crippen LogP contribution in [0.4, 0.5) is 26.3 Å². The molecule has 0 atom stereocenters. The second-order valence-electron chi connectivity index (χ2n) is 5.01. The number of halogens is 6. The number of amides is 1. The SMILES string of the molecule is O=C(NCc1cc(C(F)(F)F)cc(C(F)(F)F)c1)C1CC1.O=CO. The third-order valence-electron chi connectivity index (χ3n) is 3.06. The number of hydrogen-bond acceptors (Lipinski definition) is 2. The predicted molar refractivity (Wildman–Crippen MR) is 69.7 cm³/mol. The van der Waals surface area contributed by atoms with E-state index >= 15 is 0 Å². The van der Waals surface area contributed by atoms with E-state index in [1.54, 1.807) is 0 Å². The zero-order valence-corrected chi connectivity index (χ0v) is 12.0. The Morgan fingerprint density at radius 3 is 1.83 bits per heavy atom. The minimum atomic E-state index is -4.88. The summed E-state index contributed by atoms with van der Waals surface area (Å²) < 4.78 is 75.7. The van der Waals surface area contributed by atoms with E-state index in [2.05, 4.69) is 5.32 Å². The number of hydrogen-bond donors (Lipinski definition) is 2. The Morgan fingerprint density at radius 2 is 1.50 bits per heavy atom. The summed E-state index contributed by atoms with van der Waals surface area (Å²) in [5, 5.41) is 9.23. The van der Waals surface area contributed by atoms with Gasteiger partial charge in [-0.15, -0.1) is 0 Å². The molecule has 2 N–H and O–H groups in total. The maximum Gasteiger partial charge on any atom is 0.416 e. The van der Waals surface area contributed by atoms with Crippen LogP contribution < -0.4 is 5.32 Å². The first-order valence-corrected chi connectivity index (χ1v) is 6.63. The monoisotopic (exact) mass is 357 g/mol. The number of carbonyl (C=O) groups is 2. The number of nitrogens with one attached hydrogen (secondary N) is 1. The quantitative estimate of drug-likeness (QED) is 0.643. The molecule has 1 saturated carbocycles. The largest absolute Gasteiger partial charge is 0.483 e. The van der Waals surface area contributed by atoms with E-state index in [-0.39, 0.29) is 36.5 Å². The zero-order valence-electron chi connectivity index (χ0n) is 12.0. The Kier molecular flexibility index (Phi) is 6.22. The number of carboxylic acid groups (broad SMARTS) is 1. The third kappa shape index (κ3) is 6.09. The molecule has 0 radical (unpaired) electrons. The molecule has 1 aliphatic carbocycles. The van der Waals surface area contributed by atoms with Crippen LogP contribution in [-0.4, -0.2) is 17.5 Å². The van der Waals surface area contributed by atoms with Crippen molar-refractivity contribution in [3.8, 4) is 0 Å². The van der Waals surface area contributed by atoms with Crippen LogP contribution in [0.2, 0.25) is 0 Å². The smallest absolute Gasteiger partial charge is 0.416 e. The maximum absolute atomic E-state index is 12.6. The molecule has 0 saturated heterocycles. The first-order chi connectivity index (χ1) is 11.0. The van der Waals surface area contributed by atoms with Crippen LogP contribution in [0.5, 0.6) is 0 Å².